The molecule has 0 aliphatic carbocycles. The minimum absolute atomic E-state index is 0.0695. The summed E-state index contributed by atoms with van der Waals surface area (Å²) in [6.07, 6.45) is 4.70. The Morgan fingerprint density at radius 1 is 1.14 bits per heavy atom. The summed E-state index contributed by atoms with van der Waals surface area (Å²) in [7, 11) is 0. The minimum Gasteiger partial charge on any atom is -0.490 e. The van der Waals surface area contributed by atoms with Gasteiger partial charge < -0.3 is 29.3 Å². The molecule has 3 aliphatic rings. The fraction of sp³-hybridized carbons (Fsp3) is 0.487. The van der Waals surface area contributed by atoms with Crippen molar-refractivity contribution in [2.24, 2.45) is 0 Å². The van der Waals surface area contributed by atoms with Gasteiger partial charge in [0.15, 0.2) is 6.10 Å². The Bertz CT molecular complexity index is 1840. The van der Waals surface area contributed by atoms with E-state index in [0.717, 1.165) is 43.2 Å². The number of piperidine rings is 1. The number of aliphatic hydroxyl groups is 1. The van der Waals surface area contributed by atoms with Gasteiger partial charge in [0, 0.05) is 48.1 Å². The van der Waals surface area contributed by atoms with Gasteiger partial charge in [-0.15, -0.1) is 0 Å². The lowest BCUT2D eigenvalue weighted by Gasteiger charge is -2.42. The molecule has 10 heteroatoms. The number of fused-ring (bicyclic) bond motifs is 8. The summed E-state index contributed by atoms with van der Waals surface area (Å²) in [6.45, 7) is 13.1. The molecule has 262 valence electrons. The SMILES string of the molecule is Cc1c([C@H](OC(C)(C)C)C(=O)O)c2n3cc(nc3c1CO)-c1cccc(c1)-c1cc(F)ccc1O[C@@H](C)CCCCOC1(C)CCN2CC1. The molecular formula is C39H48FN3O6. The number of aliphatic carboxylic acids is 1. The van der Waals surface area contributed by atoms with E-state index in [1.165, 1.54) is 12.1 Å². The summed E-state index contributed by atoms with van der Waals surface area (Å²) >= 11 is 0. The third-order valence-corrected chi connectivity index (χ3v) is 9.73. The van der Waals surface area contributed by atoms with Crippen molar-refractivity contribution in [3.05, 3.63) is 71.2 Å². The third kappa shape index (κ3) is 7.32. The molecule has 2 atom stereocenters. The van der Waals surface area contributed by atoms with E-state index in [0.29, 0.717) is 64.9 Å². The Morgan fingerprint density at radius 2 is 1.88 bits per heavy atom. The second kappa shape index (κ2) is 13.7. The zero-order valence-electron chi connectivity index (χ0n) is 29.4. The lowest BCUT2D eigenvalue weighted by atomic mass is 9.91. The van der Waals surface area contributed by atoms with E-state index in [2.05, 4.69) is 11.8 Å². The number of pyridine rings is 1. The van der Waals surface area contributed by atoms with Crippen LogP contribution in [0.2, 0.25) is 0 Å². The van der Waals surface area contributed by atoms with Crippen LogP contribution in [0.5, 0.6) is 5.75 Å². The number of nitrogens with zero attached hydrogens (tertiary/aromatic N) is 3. The van der Waals surface area contributed by atoms with E-state index in [1.54, 1.807) is 6.07 Å². The first-order chi connectivity index (χ1) is 23.3. The van der Waals surface area contributed by atoms with Gasteiger partial charge in [-0.25, -0.2) is 14.2 Å². The van der Waals surface area contributed by atoms with Crippen molar-refractivity contribution in [1.82, 2.24) is 9.38 Å². The molecule has 4 aromatic rings. The number of halogens is 1. The highest BCUT2D eigenvalue weighted by Gasteiger charge is 2.38. The molecular weight excluding hydrogens is 625 g/mol. The third-order valence-electron chi connectivity index (χ3n) is 9.73. The zero-order valence-corrected chi connectivity index (χ0v) is 29.4. The summed E-state index contributed by atoms with van der Waals surface area (Å²) in [5, 5.41) is 21.3. The van der Waals surface area contributed by atoms with Gasteiger partial charge in [-0.2, -0.15) is 0 Å². The van der Waals surface area contributed by atoms with Gasteiger partial charge in [-0.3, -0.25) is 4.40 Å². The number of rotatable bonds is 4. The van der Waals surface area contributed by atoms with E-state index < -0.39 is 17.7 Å². The monoisotopic (exact) mass is 673 g/mol. The number of aliphatic hydroxyl groups excluding tert-OH is 1. The van der Waals surface area contributed by atoms with Crippen LogP contribution in [0, 0.1) is 12.7 Å². The van der Waals surface area contributed by atoms with Crippen LogP contribution in [-0.4, -0.2) is 62.6 Å². The van der Waals surface area contributed by atoms with E-state index in [9.17, 15) is 19.4 Å². The largest absolute Gasteiger partial charge is 0.490 e. The predicted molar refractivity (Wildman–Crippen MR) is 188 cm³/mol. The van der Waals surface area contributed by atoms with Crippen LogP contribution in [0.25, 0.3) is 28.0 Å². The van der Waals surface area contributed by atoms with Crippen LogP contribution in [0.4, 0.5) is 10.2 Å². The van der Waals surface area contributed by atoms with E-state index >= 15 is 0 Å². The first kappa shape index (κ1) is 34.9. The number of hydrogen-bond donors (Lipinski definition) is 2. The second-order valence-corrected chi connectivity index (χ2v) is 14.7. The van der Waals surface area contributed by atoms with Crippen molar-refractivity contribution < 1.29 is 33.6 Å². The van der Waals surface area contributed by atoms with Crippen LogP contribution >= 0.6 is 0 Å². The smallest absolute Gasteiger partial charge is 0.337 e. The van der Waals surface area contributed by atoms with Crippen LogP contribution < -0.4 is 9.64 Å². The normalized spacial score (nSPS) is 21.0. The maximum atomic E-state index is 14.7. The molecule has 0 radical (unpaired) electrons. The number of carbonyl (C=O) groups is 1. The number of anilines is 1. The average Bonchev–Trinajstić information content (AvgIpc) is 3.48. The quantitative estimate of drug-likeness (QED) is 0.226. The lowest BCUT2D eigenvalue weighted by molar-refractivity contribution is -0.160. The molecule has 0 saturated carbocycles. The van der Waals surface area contributed by atoms with E-state index in [-0.39, 0.29) is 24.1 Å². The second-order valence-electron chi connectivity index (χ2n) is 14.7. The minimum atomic E-state index is -1.29. The number of aromatic nitrogens is 2. The highest BCUT2D eigenvalue weighted by molar-refractivity contribution is 5.82. The fourth-order valence-corrected chi connectivity index (χ4v) is 7.07. The van der Waals surface area contributed by atoms with Crippen molar-refractivity contribution in [1.29, 1.82) is 0 Å². The molecule has 9 nitrogen and oxygen atoms in total. The number of benzene rings is 2. The lowest BCUT2D eigenvalue weighted by Crippen LogP contribution is -2.45. The first-order valence-electron chi connectivity index (χ1n) is 17.3. The van der Waals surface area contributed by atoms with Crippen molar-refractivity contribution in [2.45, 2.75) is 104 Å². The Morgan fingerprint density at radius 3 is 2.57 bits per heavy atom. The summed E-state index contributed by atoms with van der Waals surface area (Å²) in [5.41, 5.74) is 3.96. The Balaban J connectivity index is 1.58. The van der Waals surface area contributed by atoms with Gasteiger partial charge in [0.05, 0.1) is 29.6 Å². The molecule has 0 unspecified atom stereocenters. The molecule has 6 bridgehead atoms. The van der Waals surface area contributed by atoms with Gasteiger partial charge in [-0.1, -0.05) is 18.2 Å². The Hall–Kier alpha value is -3.99. The van der Waals surface area contributed by atoms with Crippen LogP contribution in [0.3, 0.4) is 0 Å². The summed E-state index contributed by atoms with van der Waals surface area (Å²) in [4.78, 5) is 20.2. The van der Waals surface area contributed by atoms with Gasteiger partial charge in [-0.05, 0) is 109 Å². The average molecular weight is 674 g/mol. The Kier molecular flexibility index (Phi) is 9.77. The van der Waals surface area contributed by atoms with E-state index in [1.807, 2.05) is 69.5 Å². The molecule has 2 N–H and O–H groups in total. The van der Waals surface area contributed by atoms with Crippen molar-refractivity contribution in [3.63, 3.8) is 0 Å². The molecule has 0 amide bonds. The highest BCUT2D eigenvalue weighted by atomic mass is 19.1. The van der Waals surface area contributed by atoms with Gasteiger partial charge in [0.2, 0.25) is 0 Å². The van der Waals surface area contributed by atoms with Crippen molar-refractivity contribution in [3.8, 4) is 28.1 Å². The van der Waals surface area contributed by atoms with Gasteiger partial charge in [0.25, 0.3) is 0 Å². The summed E-state index contributed by atoms with van der Waals surface area (Å²) in [5.74, 6) is -0.178. The van der Waals surface area contributed by atoms with Crippen LogP contribution in [0.15, 0.2) is 48.7 Å². The number of imidazole rings is 1. The standard InChI is InChI=1S/C39H48FN3O6/c1-24-10-7-8-19-47-39(6)15-17-42(18-16-39)36-33(34(37(45)46)49-38(3,4)5)25(2)30(23-44)35-41-31(22-43(35)36)27-12-9-11-26(20-27)29-21-28(40)13-14-32(29)48-24/h9,11-14,20-22,24,34,44H,7-8,10,15-19,23H2,1-6H3,(H,45,46)/t24-,34-/m0/s1. The maximum Gasteiger partial charge on any atom is 0.337 e. The topological polar surface area (TPSA) is 106 Å². The molecule has 49 heavy (non-hydrogen) atoms. The number of carboxylic acid groups (broad SMARTS) is 1. The maximum absolute atomic E-state index is 14.7. The predicted octanol–water partition coefficient (Wildman–Crippen LogP) is 7.88. The molecule has 7 rings (SSSR count). The molecule has 2 aromatic carbocycles. The molecule has 5 heterocycles. The fourth-order valence-electron chi connectivity index (χ4n) is 7.07. The number of hydrogen-bond acceptors (Lipinski definition) is 7. The Labute approximate surface area is 287 Å². The van der Waals surface area contributed by atoms with E-state index in [4.69, 9.17) is 19.2 Å². The van der Waals surface area contributed by atoms with Crippen LogP contribution in [0.1, 0.15) is 89.5 Å². The van der Waals surface area contributed by atoms with Crippen molar-refractivity contribution >= 4 is 17.4 Å². The van der Waals surface area contributed by atoms with Gasteiger partial charge in [0.1, 0.15) is 23.0 Å². The molecule has 0 spiro atoms. The summed E-state index contributed by atoms with van der Waals surface area (Å²) in [6, 6.07) is 12.3. The highest BCUT2D eigenvalue weighted by Crippen LogP contribution is 2.42. The summed E-state index contributed by atoms with van der Waals surface area (Å²) < 4.78 is 35.7. The number of carboxylic acids is 1. The zero-order chi connectivity index (χ0) is 35.1. The van der Waals surface area contributed by atoms with Crippen LogP contribution in [-0.2, 0) is 20.9 Å². The first-order valence-corrected chi connectivity index (χ1v) is 17.3. The molecule has 1 fully saturated rings. The molecule has 3 aliphatic heterocycles. The molecule has 1 saturated heterocycles. The van der Waals surface area contributed by atoms with Gasteiger partial charge >= 0.3 is 5.97 Å². The molecule has 2 aromatic heterocycles. The van der Waals surface area contributed by atoms with Crippen molar-refractivity contribution in [2.75, 3.05) is 24.6 Å². The number of ether oxygens (including phenoxy) is 3.